The van der Waals surface area contributed by atoms with Crippen LogP contribution in [-0.2, 0) is 0 Å². The molecule has 1 N–H and O–H groups in total. The average molecular weight is 490 g/mol. The number of likely N-dealkylation sites (tertiary alicyclic amines) is 2. The van der Waals surface area contributed by atoms with Gasteiger partial charge in [0.2, 0.25) is 0 Å². The van der Waals surface area contributed by atoms with Gasteiger partial charge < -0.3 is 19.7 Å². The molecular weight excluding hydrogens is 465 g/mol. The Hall–Kier alpha value is -3.56. The summed E-state index contributed by atoms with van der Waals surface area (Å²) in [6, 6.07) is 14.5. The van der Waals surface area contributed by atoms with Crippen molar-refractivity contribution in [1.29, 1.82) is 0 Å². The van der Waals surface area contributed by atoms with Crippen LogP contribution in [0.15, 0.2) is 66.3 Å². The highest BCUT2D eigenvalue weighted by molar-refractivity contribution is 7.11. The van der Waals surface area contributed by atoms with Crippen LogP contribution in [0.25, 0.3) is 16.6 Å². The molecule has 9 heteroatoms. The van der Waals surface area contributed by atoms with E-state index in [2.05, 4.69) is 10.3 Å². The Balaban J connectivity index is 1.05. The number of rotatable bonds is 5. The molecule has 2 fully saturated rings. The summed E-state index contributed by atoms with van der Waals surface area (Å²) in [5.74, 6) is -0.250. The summed E-state index contributed by atoms with van der Waals surface area (Å²) < 4.78 is 15.3. The molecule has 6 rings (SSSR count). The first-order valence-corrected chi connectivity index (χ1v) is 12.5. The zero-order chi connectivity index (χ0) is 23.9. The van der Waals surface area contributed by atoms with Crippen LogP contribution in [0.4, 0.5) is 4.39 Å². The fourth-order valence-electron chi connectivity index (χ4n) is 4.91. The molecule has 1 atom stereocenters. The second-order valence-corrected chi connectivity index (χ2v) is 9.98. The molecular formula is C26H24FN5O2S. The molecule has 0 saturated carbocycles. The number of nitrogens with zero attached hydrogens (tertiary/aromatic N) is 4. The zero-order valence-corrected chi connectivity index (χ0v) is 19.7. The minimum Gasteiger partial charge on any atom is -0.335 e. The summed E-state index contributed by atoms with van der Waals surface area (Å²) >= 11 is 1.37. The van der Waals surface area contributed by atoms with Crippen molar-refractivity contribution >= 4 is 34.1 Å². The van der Waals surface area contributed by atoms with Gasteiger partial charge in [0.1, 0.15) is 5.82 Å². The third-order valence-corrected chi connectivity index (χ3v) is 7.53. The molecule has 0 unspecified atom stereocenters. The number of nitrogens with one attached hydrogen (secondary N) is 1. The van der Waals surface area contributed by atoms with Gasteiger partial charge in [-0.2, -0.15) is 0 Å². The number of hydrogen-bond acceptors (Lipinski definition) is 5. The molecule has 0 aliphatic carbocycles. The van der Waals surface area contributed by atoms with Crippen LogP contribution in [-0.4, -0.2) is 69.4 Å². The number of amides is 2. The lowest BCUT2D eigenvalue weighted by atomic mass is 10.0. The monoisotopic (exact) mass is 489 g/mol. The molecule has 2 aliphatic rings. The maximum Gasteiger partial charge on any atom is 0.282 e. The van der Waals surface area contributed by atoms with E-state index in [-0.39, 0.29) is 29.7 Å². The number of thiazole rings is 1. The van der Waals surface area contributed by atoms with Crippen molar-refractivity contribution in [2.75, 3.05) is 26.2 Å². The van der Waals surface area contributed by atoms with Crippen molar-refractivity contribution in [2.24, 2.45) is 0 Å². The normalized spacial score (nSPS) is 18.3. The van der Waals surface area contributed by atoms with Gasteiger partial charge in [0.15, 0.2) is 5.01 Å². The quantitative estimate of drug-likeness (QED) is 0.466. The van der Waals surface area contributed by atoms with Crippen LogP contribution >= 0.6 is 11.3 Å². The SMILES string of the molecule is O=C(c1ccc2c(ccn2-c2ccc(F)cc2)c1)N1CC(N[C@H]2CCN(C(=O)c3nccs3)C2)C1. The minimum atomic E-state index is -0.269. The van der Waals surface area contributed by atoms with Crippen molar-refractivity contribution in [3.63, 3.8) is 0 Å². The first-order valence-electron chi connectivity index (χ1n) is 11.7. The first-order chi connectivity index (χ1) is 17.0. The lowest BCUT2D eigenvalue weighted by Crippen LogP contribution is -2.62. The largest absolute Gasteiger partial charge is 0.335 e. The number of halogens is 1. The first kappa shape index (κ1) is 21.9. The van der Waals surface area contributed by atoms with Crippen molar-refractivity contribution < 1.29 is 14.0 Å². The summed E-state index contributed by atoms with van der Waals surface area (Å²) in [6.45, 7) is 2.71. The maximum absolute atomic E-state index is 13.3. The Labute approximate surface area is 205 Å². The van der Waals surface area contributed by atoms with Gasteiger partial charge in [-0.25, -0.2) is 9.37 Å². The van der Waals surface area contributed by atoms with Gasteiger partial charge in [-0.05, 0) is 55.0 Å². The van der Waals surface area contributed by atoms with Crippen LogP contribution in [0.3, 0.4) is 0 Å². The van der Waals surface area contributed by atoms with Gasteiger partial charge in [0.25, 0.3) is 11.8 Å². The molecule has 2 aliphatic heterocycles. The molecule has 2 aromatic carbocycles. The highest BCUT2D eigenvalue weighted by Gasteiger charge is 2.35. The van der Waals surface area contributed by atoms with Crippen molar-refractivity contribution in [3.8, 4) is 5.69 Å². The molecule has 0 radical (unpaired) electrons. The maximum atomic E-state index is 13.3. The number of carbonyl (C=O) groups excluding carboxylic acids is 2. The Morgan fingerprint density at radius 2 is 1.77 bits per heavy atom. The van der Waals surface area contributed by atoms with Gasteiger partial charge in [-0.1, -0.05) is 0 Å². The van der Waals surface area contributed by atoms with Gasteiger partial charge in [0, 0.05) is 72.7 Å². The van der Waals surface area contributed by atoms with Gasteiger partial charge in [-0.3, -0.25) is 9.59 Å². The van der Waals surface area contributed by atoms with Gasteiger partial charge in [-0.15, -0.1) is 11.3 Å². The number of fused-ring (bicyclic) bond motifs is 1. The molecule has 0 bridgehead atoms. The summed E-state index contributed by atoms with van der Waals surface area (Å²) in [6.07, 6.45) is 4.49. The molecule has 2 saturated heterocycles. The molecule has 4 heterocycles. The Morgan fingerprint density at radius 3 is 2.54 bits per heavy atom. The molecule has 0 spiro atoms. The van der Waals surface area contributed by atoms with E-state index in [1.54, 1.807) is 18.3 Å². The highest BCUT2D eigenvalue weighted by Crippen LogP contribution is 2.24. The van der Waals surface area contributed by atoms with E-state index in [4.69, 9.17) is 0 Å². The minimum absolute atomic E-state index is 0.00151. The van der Waals surface area contributed by atoms with E-state index in [0.717, 1.165) is 29.6 Å². The van der Waals surface area contributed by atoms with Crippen molar-refractivity contribution in [2.45, 2.75) is 18.5 Å². The summed E-state index contributed by atoms with van der Waals surface area (Å²) in [5, 5.41) is 6.92. The second kappa shape index (κ2) is 8.90. The summed E-state index contributed by atoms with van der Waals surface area (Å²) in [4.78, 5) is 33.3. The van der Waals surface area contributed by atoms with E-state index in [9.17, 15) is 14.0 Å². The molecule has 4 aromatic rings. The fraction of sp³-hybridized carbons (Fsp3) is 0.269. The number of aromatic nitrogens is 2. The van der Waals surface area contributed by atoms with E-state index in [1.165, 1.54) is 23.5 Å². The highest BCUT2D eigenvalue weighted by atomic mass is 32.1. The number of hydrogen-bond donors (Lipinski definition) is 1. The Morgan fingerprint density at radius 1 is 0.971 bits per heavy atom. The molecule has 2 aromatic heterocycles. The van der Waals surface area contributed by atoms with E-state index in [0.29, 0.717) is 30.2 Å². The number of carbonyl (C=O) groups is 2. The van der Waals surface area contributed by atoms with Gasteiger partial charge >= 0.3 is 0 Å². The zero-order valence-electron chi connectivity index (χ0n) is 18.9. The third-order valence-electron chi connectivity index (χ3n) is 6.77. The van der Waals surface area contributed by atoms with Gasteiger partial charge in [0.05, 0.1) is 5.52 Å². The lowest BCUT2D eigenvalue weighted by molar-refractivity contribution is 0.0553. The third kappa shape index (κ3) is 4.21. The van der Waals surface area contributed by atoms with E-state index >= 15 is 0 Å². The molecule has 7 nitrogen and oxygen atoms in total. The van der Waals surface area contributed by atoms with Crippen LogP contribution in [0.2, 0.25) is 0 Å². The molecule has 178 valence electrons. The van der Waals surface area contributed by atoms with E-state index in [1.807, 2.05) is 50.2 Å². The van der Waals surface area contributed by atoms with E-state index < -0.39 is 0 Å². The van der Waals surface area contributed by atoms with Crippen molar-refractivity contribution in [3.05, 3.63) is 82.7 Å². The van der Waals surface area contributed by atoms with Crippen LogP contribution in [0, 0.1) is 5.82 Å². The van der Waals surface area contributed by atoms with Crippen LogP contribution in [0.1, 0.15) is 26.6 Å². The topological polar surface area (TPSA) is 70.5 Å². The lowest BCUT2D eigenvalue weighted by Gasteiger charge is -2.41. The Kier molecular flexibility index (Phi) is 5.58. The summed E-state index contributed by atoms with van der Waals surface area (Å²) in [5.41, 5.74) is 2.50. The molecule has 2 amide bonds. The molecule has 35 heavy (non-hydrogen) atoms. The number of benzene rings is 2. The standard InChI is InChI=1S/C26H24FN5O2S/c27-19-2-4-22(5-3-19)32-11-7-17-13-18(1-6-23(17)32)25(33)31-15-21(16-31)29-20-8-10-30(14-20)26(34)24-28-9-12-35-24/h1-7,9,11-13,20-21,29H,8,10,14-16H2/t20-/m0/s1. The van der Waals surface area contributed by atoms with Crippen LogP contribution in [0.5, 0.6) is 0 Å². The predicted octanol–water partition coefficient (Wildman–Crippen LogP) is 3.55. The fourth-order valence-corrected chi connectivity index (χ4v) is 5.52. The smallest absolute Gasteiger partial charge is 0.282 e. The predicted molar refractivity (Wildman–Crippen MR) is 132 cm³/mol. The van der Waals surface area contributed by atoms with Crippen LogP contribution < -0.4 is 5.32 Å². The average Bonchev–Trinajstić information content (AvgIpc) is 3.61. The van der Waals surface area contributed by atoms with Crippen molar-refractivity contribution in [1.82, 2.24) is 24.7 Å². The Bertz CT molecular complexity index is 1380. The second-order valence-electron chi connectivity index (χ2n) is 9.08. The summed E-state index contributed by atoms with van der Waals surface area (Å²) in [7, 11) is 0.